The van der Waals surface area contributed by atoms with Crippen molar-refractivity contribution in [1.82, 2.24) is 19.6 Å². The summed E-state index contributed by atoms with van der Waals surface area (Å²) < 4.78 is 20.6. The largest absolute Gasteiger partial charge is 0.478 e. The number of carboxylic acids is 1. The minimum absolute atomic E-state index is 0.00816. The van der Waals surface area contributed by atoms with E-state index in [1.54, 1.807) is 22.8 Å². The molecule has 1 N–H and O–H groups in total. The van der Waals surface area contributed by atoms with Gasteiger partial charge in [-0.15, -0.1) is 0 Å². The van der Waals surface area contributed by atoms with Crippen LogP contribution in [-0.2, 0) is 13.0 Å². The standard InChI is InChI=1S/C30H31FN4O4/c1-18-21(12-16-34-14-10-19(11-15-34)27-25-9-8-20(31)17-26(25)39-33-27)29(36)35-13-4-7-23(28(35)32-18)22-5-2-3-6-24(22)30(37)38/h2-3,5-6,8-9,17,19,23H,4,7,10-16H2,1H3,(H,37,38). The lowest BCUT2D eigenvalue weighted by atomic mass is 9.87. The van der Waals surface area contributed by atoms with Crippen molar-refractivity contribution >= 4 is 16.9 Å². The Labute approximate surface area is 225 Å². The molecule has 0 amide bonds. The zero-order valence-electron chi connectivity index (χ0n) is 21.9. The van der Waals surface area contributed by atoms with Crippen molar-refractivity contribution in [3.8, 4) is 0 Å². The first kappa shape index (κ1) is 25.4. The van der Waals surface area contributed by atoms with Crippen LogP contribution in [0.25, 0.3) is 11.0 Å². The van der Waals surface area contributed by atoms with E-state index in [9.17, 15) is 19.1 Å². The molecule has 2 aliphatic heterocycles. The molecule has 6 rings (SSSR count). The van der Waals surface area contributed by atoms with Gasteiger partial charge in [-0.3, -0.25) is 9.36 Å². The van der Waals surface area contributed by atoms with Gasteiger partial charge in [-0.25, -0.2) is 14.2 Å². The highest BCUT2D eigenvalue weighted by molar-refractivity contribution is 5.89. The molecule has 2 aromatic carbocycles. The van der Waals surface area contributed by atoms with E-state index in [0.29, 0.717) is 29.9 Å². The average Bonchev–Trinajstić information content (AvgIpc) is 3.36. The van der Waals surface area contributed by atoms with Crippen LogP contribution in [-0.4, -0.2) is 50.3 Å². The smallest absolute Gasteiger partial charge is 0.335 e. The second-order valence-electron chi connectivity index (χ2n) is 10.7. The van der Waals surface area contributed by atoms with Crippen molar-refractivity contribution in [1.29, 1.82) is 0 Å². The van der Waals surface area contributed by atoms with Gasteiger partial charge in [-0.2, -0.15) is 0 Å². The summed E-state index contributed by atoms with van der Waals surface area (Å²) in [5, 5.41) is 14.8. The fourth-order valence-electron chi connectivity index (χ4n) is 6.29. The van der Waals surface area contributed by atoms with Gasteiger partial charge in [0.25, 0.3) is 5.56 Å². The van der Waals surface area contributed by atoms with E-state index in [0.717, 1.165) is 67.7 Å². The molecule has 4 aromatic rings. The van der Waals surface area contributed by atoms with Crippen LogP contribution in [0.15, 0.2) is 51.8 Å². The first-order valence-corrected chi connectivity index (χ1v) is 13.6. The molecule has 39 heavy (non-hydrogen) atoms. The molecular weight excluding hydrogens is 499 g/mol. The van der Waals surface area contributed by atoms with Crippen LogP contribution < -0.4 is 5.56 Å². The number of likely N-dealkylation sites (tertiary alicyclic amines) is 1. The van der Waals surface area contributed by atoms with Gasteiger partial charge in [0.15, 0.2) is 5.58 Å². The maximum atomic E-state index is 13.6. The summed E-state index contributed by atoms with van der Waals surface area (Å²) in [5.41, 5.74) is 3.81. The number of benzene rings is 2. The number of nitrogens with zero attached hydrogens (tertiary/aromatic N) is 4. The number of aromatic carboxylic acids is 1. The number of aromatic nitrogens is 3. The van der Waals surface area contributed by atoms with Gasteiger partial charge in [-0.05, 0) is 75.9 Å². The van der Waals surface area contributed by atoms with Crippen LogP contribution in [0.3, 0.4) is 0 Å². The maximum Gasteiger partial charge on any atom is 0.335 e. The molecule has 0 bridgehead atoms. The van der Waals surface area contributed by atoms with E-state index >= 15 is 0 Å². The minimum atomic E-state index is -0.965. The number of aryl methyl sites for hydroxylation is 1. The lowest BCUT2D eigenvalue weighted by Crippen LogP contribution is -2.38. The third kappa shape index (κ3) is 4.76. The van der Waals surface area contributed by atoms with Crippen LogP contribution in [0.2, 0.25) is 0 Å². The topological polar surface area (TPSA) is 101 Å². The summed E-state index contributed by atoms with van der Waals surface area (Å²) in [5.74, 6) is -0.580. The molecule has 8 nitrogen and oxygen atoms in total. The Bertz CT molecular complexity index is 1600. The number of carbonyl (C=O) groups is 1. The molecule has 0 spiro atoms. The summed E-state index contributed by atoms with van der Waals surface area (Å²) in [6, 6.07) is 11.6. The van der Waals surface area contributed by atoms with Crippen LogP contribution in [0.4, 0.5) is 4.39 Å². The van der Waals surface area contributed by atoms with Gasteiger partial charge in [-0.1, -0.05) is 23.4 Å². The fraction of sp³-hybridized carbons (Fsp3) is 0.400. The predicted octanol–water partition coefficient (Wildman–Crippen LogP) is 4.88. The van der Waals surface area contributed by atoms with Crippen molar-refractivity contribution in [2.24, 2.45) is 0 Å². The molecule has 2 aromatic heterocycles. The third-order valence-corrected chi connectivity index (χ3v) is 8.37. The quantitative estimate of drug-likeness (QED) is 0.379. The van der Waals surface area contributed by atoms with Gasteiger partial charge in [0.05, 0.1) is 11.3 Å². The number of hydrogen-bond acceptors (Lipinski definition) is 6. The normalized spacial score (nSPS) is 18.4. The van der Waals surface area contributed by atoms with Crippen molar-refractivity contribution < 1.29 is 18.8 Å². The number of piperidine rings is 1. The molecule has 202 valence electrons. The third-order valence-electron chi connectivity index (χ3n) is 8.37. The van der Waals surface area contributed by atoms with Crippen molar-refractivity contribution in [2.75, 3.05) is 19.6 Å². The number of carboxylic acid groups (broad SMARTS) is 1. The van der Waals surface area contributed by atoms with E-state index in [1.165, 1.54) is 12.1 Å². The summed E-state index contributed by atoms with van der Waals surface area (Å²) in [4.78, 5) is 32.7. The highest BCUT2D eigenvalue weighted by Gasteiger charge is 2.30. The molecule has 1 saturated heterocycles. The number of rotatable bonds is 6. The van der Waals surface area contributed by atoms with Crippen molar-refractivity contribution in [2.45, 2.75) is 57.4 Å². The van der Waals surface area contributed by atoms with Gasteiger partial charge in [0.2, 0.25) is 0 Å². The zero-order chi connectivity index (χ0) is 27.1. The zero-order valence-corrected chi connectivity index (χ0v) is 21.9. The van der Waals surface area contributed by atoms with Crippen LogP contribution in [0.1, 0.15) is 76.2 Å². The van der Waals surface area contributed by atoms with E-state index in [2.05, 4.69) is 10.1 Å². The van der Waals surface area contributed by atoms with Gasteiger partial charge >= 0.3 is 5.97 Å². The number of halogens is 1. The molecule has 0 aliphatic carbocycles. The Morgan fingerprint density at radius 1 is 1.13 bits per heavy atom. The summed E-state index contributed by atoms with van der Waals surface area (Å²) >= 11 is 0. The molecule has 4 heterocycles. The van der Waals surface area contributed by atoms with Crippen molar-refractivity contribution in [3.05, 3.63) is 92.5 Å². The summed E-state index contributed by atoms with van der Waals surface area (Å²) in [7, 11) is 0. The van der Waals surface area contributed by atoms with E-state index in [-0.39, 0.29) is 28.8 Å². The molecule has 0 saturated carbocycles. The second kappa shape index (κ2) is 10.4. The van der Waals surface area contributed by atoms with Gasteiger partial charge in [0, 0.05) is 47.6 Å². The maximum absolute atomic E-state index is 13.6. The van der Waals surface area contributed by atoms with Crippen molar-refractivity contribution in [3.63, 3.8) is 0 Å². The molecule has 1 atom stereocenters. The average molecular weight is 531 g/mol. The lowest BCUT2D eigenvalue weighted by molar-refractivity contribution is 0.0695. The molecule has 0 radical (unpaired) electrons. The predicted molar refractivity (Wildman–Crippen MR) is 144 cm³/mol. The second-order valence-corrected chi connectivity index (χ2v) is 10.7. The first-order chi connectivity index (χ1) is 18.9. The Hall–Kier alpha value is -3.85. The monoisotopic (exact) mass is 530 g/mol. The SMILES string of the molecule is Cc1nc2n(c(=O)c1CCN1CCC(c3noc4cc(F)ccc34)CC1)CCCC2c1ccccc1C(=O)O. The molecular formula is C30H31FN4O4. The minimum Gasteiger partial charge on any atom is -0.478 e. The molecule has 1 unspecified atom stereocenters. The molecule has 1 fully saturated rings. The number of hydrogen-bond donors (Lipinski definition) is 1. The Morgan fingerprint density at radius 3 is 2.72 bits per heavy atom. The van der Waals surface area contributed by atoms with Gasteiger partial charge < -0.3 is 14.5 Å². The Kier molecular flexibility index (Phi) is 6.76. The fourth-order valence-corrected chi connectivity index (χ4v) is 6.29. The highest BCUT2D eigenvalue weighted by Crippen LogP contribution is 2.35. The Balaban J connectivity index is 1.16. The van der Waals surface area contributed by atoms with E-state index < -0.39 is 5.97 Å². The first-order valence-electron chi connectivity index (χ1n) is 13.6. The van der Waals surface area contributed by atoms with E-state index in [1.807, 2.05) is 19.1 Å². The highest BCUT2D eigenvalue weighted by atomic mass is 19.1. The summed E-state index contributed by atoms with van der Waals surface area (Å²) in [6.07, 6.45) is 4.02. The lowest BCUT2D eigenvalue weighted by Gasteiger charge is -2.31. The van der Waals surface area contributed by atoms with Crippen LogP contribution in [0.5, 0.6) is 0 Å². The Morgan fingerprint density at radius 2 is 1.92 bits per heavy atom. The van der Waals surface area contributed by atoms with Crippen LogP contribution in [0, 0.1) is 12.7 Å². The van der Waals surface area contributed by atoms with Crippen LogP contribution >= 0.6 is 0 Å². The van der Waals surface area contributed by atoms with Gasteiger partial charge in [0.1, 0.15) is 11.6 Å². The molecule has 9 heteroatoms. The number of fused-ring (bicyclic) bond motifs is 2. The van der Waals surface area contributed by atoms with E-state index in [4.69, 9.17) is 9.51 Å². The summed E-state index contributed by atoms with van der Waals surface area (Å²) in [6.45, 7) is 5.01. The molecule has 2 aliphatic rings.